The molecule has 0 radical (unpaired) electrons. The second-order valence-electron chi connectivity index (χ2n) is 9.21. The first-order chi connectivity index (χ1) is 18.3. The molecule has 2 aromatic heterocycles. The van der Waals surface area contributed by atoms with Crippen molar-refractivity contribution >= 4 is 35.0 Å². The molecule has 4 rings (SSSR count). The van der Waals surface area contributed by atoms with Gasteiger partial charge in [0.25, 0.3) is 11.5 Å². The number of ether oxygens (including phenoxy) is 1. The van der Waals surface area contributed by atoms with Crippen molar-refractivity contribution < 1.29 is 14.3 Å². The molecule has 1 aromatic carbocycles. The van der Waals surface area contributed by atoms with Crippen LogP contribution >= 0.6 is 0 Å². The summed E-state index contributed by atoms with van der Waals surface area (Å²) in [6, 6.07) is 6.38. The summed E-state index contributed by atoms with van der Waals surface area (Å²) in [6.45, 7) is 2.50. The number of hydrogen-bond acceptors (Lipinski definition) is 8. The van der Waals surface area contributed by atoms with Crippen molar-refractivity contribution in [1.29, 1.82) is 0 Å². The molecule has 0 aliphatic carbocycles. The van der Waals surface area contributed by atoms with Crippen molar-refractivity contribution in [3.63, 3.8) is 0 Å². The molecule has 1 atom stereocenters. The molecule has 1 saturated heterocycles. The second kappa shape index (κ2) is 11.5. The SMILES string of the molecule is CC/C=C/n1c(N2CCC[C@@H](N)C2)nc2c1c(=O)n(CC(=O)c1ccccc1OCC(=O)NC)c(=O)n2C. The lowest BCUT2D eigenvalue weighted by atomic mass is 10.1. The van der Waals surface area contributed by atoms with E-state index in [1.54, 1.807) is 29.0 Å². The Bertz CT molecular complexity index is 1500. The van der Waals surface area contributed by atoms with E-state index in [-0.39, 0.29) is 41.0 Å². The summed E-state index contributed by atoms with van der Waals surface area (Å²) in [5, 5.41) is 2.45. The number of aryl methyl sites for hydroxylation is 1. The van der Waals surface area contributed by atoms with Crippen LogP contribution in [0, 0.1) is 0 Å². The molecule has 1 fully saturated rings. The lowest BCUT2D eigenvalue weighted by molar-refractivity contribution is -0.122. The highest BCUT2D eigenvalue weighted by atomic mass is 16.5. The monoisotopic (exact) mass is 523 g/mol. The van der Waals surface area contributed by atoms with E-state index in [4.69, 9.17) is 10.5 Å². The fraction of sp³-hybridized carbons (Fsp3) is 0.423. The molecule has 3 N–H and O–H groups in total. The number of imidazole rings is 1. The number of benzene rings is 1. The van der Waals surface area contributed by atoms with Crippen molar-refractivity contribution in [2.45, 2.75) is 38.8 Å². The maximum atomic E-state index is 13.7. The molecular formula is C26H33N7O5. The molecule has 12 heteroatoms. The summed E-state index contributed by atoms with van der Waals surface area (Å²) in [5.74, 6) is -0.147. The molecule has 1 aliphatic heterocycles. The number of aromatic nitrogens is 4. The summed E-state index contributed by atoms with van der Waals surface area (Å²) < 4.78 is 9.37. The molecule has 1 amide bonds. The Morgan fingerprint density at radius 2 is 2.03 bits per heavy atom. The normalized spacial score (nSPS) is 15.8. The number of rotatable bonds is 9. The van der Waals surface area contributed by atoms with Gasteiger partial charge in [0.15, 0.2) is 23.6 Å². The van der Waals surface area contributed by atoms with Gasteiger partial charge in [-0.15, -0.1) is 0 Å². The summed E-state index contributed by atoms with van der Waals surface area (Å²) in [4.78, 5) is 58.6. The number of nitrogens with two attached hydrogens (primary N) is 1. The number of allylic oxidation sites excluding steroid dienone is 1. The maximum Gasteiger partial charge on any atom is 0.332 e. The number of piperidine rings is 1. The van der Waals surface area contributed by atoms with Crippen molar-refractivity contribution in [2.75, 3.05) is 31.6 Å². The first-order valence-electron chi connectivity index (χ1n) is 12.6. The van der Waals surface area contributed by atoms with Crippen LogP contribution in [0.15, 0.2) is 39.9 Å². The van der Waals surface area contributed by atoms with Gasteiger partial charge in [-0.2, -0.15) is 4.98 Å². The molecule has 202 valence electrons. The number of likely N-dealkylation sites (N-methyl/N-ethyl adjacent to an activating group) is 1. The van der Waals surface area contributed by atoms with Gasteiger partial charge in [-0.1, -0.05) is 25.1 Å². The average molecular weight is 524 g/mol. The molecule has 1 aliphatic rings. The predicted molar refractivity (Wildman–Crippen MR) is 145 cm³/mol. The topological polar surface area (TPSA) is 146 Å². The molecule has 0 unspecified atom stereocenters. The van der Waals surface area contributed by atoms with E-state index in [9.17, 15) is 19.2 Å². The van der Waals surface area contributed by atoms with Crippen molar-refractivity contribution in [3.05, 3.63) is 56.7 Å². The quantitative estimate of drug-likeness (QED) is 0.390. The Labute approximate surface area is 219 Å². The molecule has 38 heavy (non-hydrogen) atoms. The molecule has 3 aromatic rings. The Kier molecular flexibility index (Phi) is 8.10. The van der Waals surface area contributed by atoms with Crippen LogP contribution < -0.4 is 31.9 Å². The van der Waals surface area contributed by atoms with Gasteiger partial charge in [-0.25, -0.2) is 4.79 Å². The van der Waals surface area contributed by atoms with E-state index < -0.39 is 23.6 Å². The number of hydrogen-bond donors (Lipinski definition) is 2. The zero-order chi connectivity index (χ0) is 27.4. The smallest absolute Gasteiger partial charge is 0.332 e. The number of amides is 1. The van der Waals surface area contributed by atoms with Crippen LogP contribution in [0.3, 0.4) is 0 Å². The van der Waals surface area contributed by atoms with Gasteiger partial charge in [0, 0.05) is 39.4 Å². The zero-order valence-corrected chi connectivity index (χ0v) is 21.8. The number of anilines is 1. The molecule has 0 saturated carbocycles. The van der Waals surface area contributed by atoms with Crippen molar-refractivity contribution in [1.82, 2.24) is 24.0 Å². The highest BCUT2D eigenvalue weighted by Crippen LogP contribution is 2.24. The van der Waals surface area contributed by atoms with Gasteiger partial charge in [0.1, 0.15) is 5.75 Å². The van der Waals surface area contributed by atoms with Crippen LogP contribution in [0.1, 0.15) is 36.5 Å². The predicted octanol–water partition coefficient (Wildman–Crippen LogP) is 0.713. The van der Waals surface area contributed by atoms with Gasteiger partial charge in [0.05, 0.1) is 12.1 Å². The van der Waals surface area contributed by atoms with Crippen LogP contribution in [-0.2, 0) is 18.4 Å². The lowest BCUT2D eigenvalue weighted by Gasteiger charge is -2.31. The van der Waals surface area contributed by atoms with Crippen molar-refractivity contribution in [2.24, 2.45) is 12.8 Å². The number of para-hydroxylation sites is 1. The van der Waals surface area contributed by atoms with E-state index in [0.717, 1.165) is 30.4 Å². The Morgan fingerprint density at radius 3 is 2.74 bits per heavy atom. The number of nitrogens with one attached hydrogen (secondary N) is 1. The molecular weight excluding hydrogens is 490 g/mol. The largest absolute Gasteiger partial charge is 0.483 e. The summed E-state index contributed by atoms with van der Waals surface area (Å²) in [5.41, 5.74) is 5.50. The second-order valence-corrected chi connectivity index (χ2v) is 9.21. The van der Waals surface area contributed by atoms with Crippen LogP contribution in [0.5, 0.6) is 5.75 Å². The number of carbonyl (C=O) groups excluding carboxylic acids is 2. The van der Waals surface area contributed by atoms with Gasteiger partial charge >= 0.3 is 5.69 Å². The van der Waals surface area contributed by atoms with Crippen LogP contribution in [0.25, 0.3) is 17.4 Å². The van der Waals surface area contributed by atoms with Gasteiger partial charge < -0.3 is 20.7 Å². The molecule has 0 spiro atoms. The molecule has 0 bridgehead atoms. The third-order valence-corrected chi connectivity index (χ3v) is 6.52. The van der Waals surface area contributed by atoms with Crippen LogP contribution in [0.4, 0.5) is 5.95 Å². The molecule has 3 heterocycles. The minimum absolute atomic E-state index is 0.0176. The van der Waals surface area contributed by atoms with E-state index in [2.05, 4.69) is 10.3 Å². The summed E-state index contributed by atoms with van der Waals surface area (Å²) in [7, 11) is 3.00. The third kappa shape index (κ3) is 5.25. The fourth-order valence-electron chi connectivity index (χ4n) is 4.50. The van der Waals surface area contributed by atoms with Crippen molar-refractivity contribution in [3.8, 4) is 5.75 Å². The number of Topliss-reactive ketones (excluding diaryl/α,β-unsaturated/α-hetero) is 1. The Morgan fingerprint density at radius 1 is 1.26 bits per heavy atom. The first-order valence-corrected chi connectivity index (χ1v) is 12.6. The van der Waals surface area contributed by atoms with Crippen LogP contribution in [0.2, 0.25) is 0 Å². The van der Waals surface area contributed by atoms with Gasteiger partial charge in [-0.3, -0.25) is 28.1 Å². The van der Waals surface area contributed by atoms with Gasteiger partial charge in [0.2, 0.25) is 5.95 Å². The minimum atomic E-state index is -0.661. The van der Waals surface area contributed by atoms with E-state index in [0.29, 0.717) is 12.5 Å². The Hall–Kier alpha value is -4.19. The summed E-state index contributed by atoms with van der Waals surface area (Å²) >= 11 is 0. The lowest BCUT2D eigenvalue weighted by Crippen LogP contribution is -2.43. The Balaban J connectivity index is 1.79. The highest BCUT2D eigenvalue weighted by molar-refractivity contribution is 5.98. The average Bonchev–Trinajstić information content (AvgIpc) is 3.31. The molecule has 12 nitrogen and oxygen atoms in total. The van der Waals surface area contributed by atoms with E-state index >= 15 is 0 Å². The minimum Gasteiger partial charge on any atom is -0.483 e. The summed E-state index contributed by atoms with van der Waals surface area (Å²) in [6.07, 6.45) is 6.19. The first kappa shape index (κ1) is 26.9. The number of fused-ring (bicyclic) bond motifs is 1. The van der Waals surface area contributed by atoms with E-state index in [1.165, 1.54) is 24.7 Å². The number of nitrogens with zero attached hydrogens (tertiary/aromatic N) is 5. The number of carbonyl (C=O) groups is 2. The van der Waals surface area contributed by atoms with E-state index in [1.807, 2.05) is 17.9 Å². The number of ketones is 1. The van der Waals surface area contributed by atoms with Gasteiger partial charge in [-0.05, 0) is 31.4 Å². The van der Waals surface area contributed by atoms with Crippen LogP contribution in [-0.4, -0.2) is 63.2 Å². The maximum absolute atomic E-state index is 13.7. The zero-order valence-electron chi connectivity index (χ0n) is 21.8. The third-order valence-electron chi connectivity index (χ3n) is 6.52. The highest BCUT2D eigenvalue weighted by Gasteiger charge is 2.26. The standard InChI is InChI=1S/C26H33N7O5/c1-4-5-13-32-22-23(29-25(32)31-12-8-9-17(27)14-31)30(3)26(37)33(24(22)36)15-19(34)18-10-6-7-11-20(18)38-16-21(35)28-2/h5-7,10-11,13,17H,4,8-9,12,14-16,27H2,1-3H3,(H,28,35)/b13-5+/t17-/m1/s1. The fourth-order valence-corrected chi connectivity index (χ4v) is 4.50.